The normalized spacial score (nSPS) is 20.3. The molecule has 1 saturated heterocycles. The standard InChI is InChI=1S/C12H19NO2/c1-2-3-4-5-6-12(15)13-8-7-11(9-13)10-14/h1,11,14H,3-10H2. The third kappa shape index (κ3) is 3.93. The van der Waals surface area contributed by atoms with Crippen LogP contribution in [-0.2, 0) is 4.79 Å². The van der Waals surface area contributed by atoms with Crippen LogP contribution in [0.4, 0.5) is 0 Å². The fourth-order valence-corrected chi connectivity index (χ4v) is 1.87. The number of nitrogens with zero attached hydrogens (tertiary/aromatic N) is 1. The van der Waals surface area contributed by atoms with Crippen molar-refractivity contribution in [3.63, 3.8) is 0 Å². The van der Waals surface area contributed by atoms with Crippen molar-refractivity contribution >= 4 is 5.91 Å². The fraction of sp³-hybridized carbons (Fsp3) is 0.750. The van der Waals surface area contributed by atoms with E-state index in [9.17, 15) is 4.79 Å². The SMILES string of the molecule is C#CCCCCC(=O)N1CCC(CO)C1. The summed E-state index contributed by atoms with van der Waals surface area (Å²) >= 11 is 0. The minimum atomic E-state index is 0.195. The van der Waals surface area contributed by atoms with Crippen LogP contribution in [0.5, 0.6) is 0 Å². The summed E-state index contributed by atoms with van der Waals surface area (Å²) < 4.78 is 0. The van der Waals surface area contributed by atoms with Crippen LogP contribution in [0, 0.1) is 18.3 Å². The van der Waals surface area contributed by atoms with Crippen molar-refractivity contribution in [2.45, 2.75) is 32.1 Å². The van der Waals surface area contributed by atoms with Crippen LogP contribution in [-0.4, -0.2) is 35.6 Å². The summed E-state index contributed by atoms with van der Waals surface area (Å²) in [7, 11) is 0. The molecule has 0 saturated carbocycles. The van der Waals surface area contributed by atoms with Crippen molar-refractivity contribution in [2.24, 2.45) is 5.92 Å². The Balaban J connectivity index is 2.15. The Bertz CT molecular complexity index is 244. The molecule has 1 unspecified atom stereocenters. The monoisotopic (exact) mass is 209 g/mol. The van der Waals surface area contributed by atoms with Crippen LogP contribution in [0.2, 0.25) is 0 Å². The Labute approximate surface area is 91.5 Å². The van der Waals surface area contributed by atoms with Crippen molar-refractivity contribution in [2.75, 3.05) is 19.7 Å². The zero-order valence-corrected chi connectivity index (χ0v) is 9.11. The summed E-state index contributed by atoms with van der Waals surface area (Å²) in [5.74, 6) is 3.07. The minimum absolute atomic E-state index is 0.195. The molecule has 0 radical (unpaired) electrons. The third-order valence-corrected chi connectivity index (χ3v) is 2.86. The Morgan fingerprint density at radius 1 is 1.53 bits per heavy atom. The molecule has 1 amide bonds. The maximum atomic E-state index is 11.7. The van der Waals surface area contributed by atoms with Crippen LogP contribution in [0.1, 0.15) is 32.1 Å². The molecule has 0 aliphatic carbocycles. The van der Waals surface area contributed by atoms with Gasteiger partial charge in [-0.3, -0.25) is 4.79 Å². The van der Waals surface area contributed by atoms with Crippen LogP contribution in [0.15, 0.2) is 0 Å². The second-order valence-corrected chi connectivity index (χ2v) is 4.09. The quantitative estimate of drug-likeness (QED) is 0.542. The molecule has 84 valence electrons. The molecular weight excluding hydrogens is 190 g/mol. The number of aliphatic hydroxyl groups excluding tert-OH is 1. The van der Waals surface area contributed by atoms with Crippen LogP contribution in [0.3, 0.4) is 0 Å². The minimum Gasteiger partial charge on any atom is -0.396 e. The van der Waals surface area contributed by atoms with Gasteiger partial charge in [-0.1, -0.05) is 0 Å². The summed E-state index contributed by atoms with van der Waals surface area (Å²) in [6.45, 7) is 1.73. The zero-order chi connectivity index (χ0) is 11.1. The second-order valence-electron chi connectivity index (χ2n) is 4.09. The predicted molar refractivity (Wildman–Crippen MR) is 59.1 cm³/mol. The van der Waals surface area contributed by atoms with E-state index in [1.165, 1.54) is 0 Å². The van der Waals surface area contributed by atoms with Gasteiger partial charge in [0.25, 0.3) is 0 Å². The van der Waals surface area contributed by atoms with E-state index < -0.39 is 0 Å². The van der Waals surface area contributed by atoms with Crippen molar-refractivity contribution in [1.29, 1.82) is 0 Å². The van der Waals surface area contributed by atoms with Crippen molar-refractivity contribution in [3.05, 3.63) is 0 Å². The van der Waals surface area contributed by atoms with E-state index in [0.29, 0.717) is 12.3 Å². The molecule has 1 heterocycles. The lowest BCUT2D eigenvalue weighted by Crippen LogP contribution is -2.28. The second kappa shape index (κ2) is 6.47. The van der Waals surface area contributed by atoms with Gasteiger partial charge in [0, 0.05) is 38.5 Å². The highest BCUT2D eigenvalue weighted by atomic mass is 16.3. The molecule has 0 aromatic carbocycles. The van der Waals surface area contributed by atoms with Gasteiger partial charge < -0.3 is 10.0 Å². The highest BCUT2D eigenvalue weighted by molar-refractivity contribution is 5.76. The Morgan fingerprint density at radius 3 is 2.93 bits per heavy atom. The lowest BCUT2D eigenvalue weighted by molar-refractivity contribution is -0.130. The summed E-state index contributed by atoms with van der Waals surface area (Å²) in [4.78, 5) is 13.5. The van der Waals surface area contributed by atoms with Gasteiger partial charge in [-0.15, -0.1) is 12.3 Å². The maximum Gasteiger partial charge on any atom is 0.222 e. The molecular formula is C12H19NO2. The lowest BCUT2D eigenvalue weighted by atomic mass is 10.1. The Morgan fingerprint density at radius 2 is 2.33 bits per heavy atom. The lowest BCUT2D eigenvalue weighted by Gasteiger charge is -2.15. The topological polar surface area (TPSA) is 40.5 Å². The van der Waals surface area contributed by atoms with Crippen LogP contribution >= 0.6 is 0 Å². The van der Waals surface area contributed by atoms with E-state index in [1.54, 1.807) is 0 Å². The number of amides is 1. The van der Waals surface area contributed by atoms with Crippen LogP contribution < -0.4 is 0 Å². The summed E-state index contributed by atoms with van der Waals surface area (Å²) in [5.41, 5.74) is 0. The van der Waals surface area contributed by atoms with Gasteiger partial charge in [-0.25, -0.2) is 0 Å². The van der Waals surface area contributed by atoms with Gasteiger partial charge in [0.15, 0.2) is 0 Å². The highest BCUT2D eigenvalue weighted by Crippen LogP contribution is 2.16. The number of likely N-dealkylation sites (tertiary alicyclic amines) is 1. The molecule has 0 bridgehead atoms. The molecule has 1 rings (SSSR count). The molecule has 1 fully saturated rings. The molecule has 3 heteroatoms. The van der Waals surface area contributed by atoms with E-state index in [1.807, 2.05) is 4.90 Å². The molecule has 3 nitrogen and oxygen atoms in total. The molecule has 1 N–H and O–H groups in total. The van der Waals surface area contributed by atoms with E-state index >= 15 is 0 Å². The van der Waals surface area contributed by atoms with E-state index in [4.69, 9.17) is 11.5 Å². The van der Waals surface area contributed by atoms with Crippen LogP contribution in [0.25, 0.3) is 0 Å². The molecule has 0 spiro atoms. The van der Waals surface area contributed by atoms with Gasteiger partial charge in [0.1, 0.15) is 0 Å². The van der Waals surface area contributed by atoms with E-state index in [-0.39, 0.29) is 12.5 Å². The van der Waals surface area contributed by atoms with Gasteiger partial charge in [-0.05, 0) is 19.3 Å². The van der Waals surface area contributed by atoms with Gasteiger partial charge >= 0.3 is 0 Å². The van der Waals surface area contributed by atoms with E-state index in [0.717, 1.165) is 38.8 Å². The molecule has 0 aromatic rings. The molecule has 1 atom stereocenters. The van der Waals surface area contributed by atoms with Crippen molar-refractivity contribution in [3.8, 4) is 12.3 Å². The first-order chi connectivity index (χ1) is 7.27. The van der Waals surface area contributed by atoms with Gasteiger partial charge in [0.05, 0.1) is 0 Å². The largest absolute Gasteiger partial charge is 0.396 e. The smallest absolute Gasteiger partial charge is 0.222 e. The summed E-state index contributed by atoms with van der Waals surface area (Å²) in [6.07, 6.45) is 9.23. The third-order valence-electron chi connectivity index (χ3n) is 2.86. The molecule has 1 aliphatic heterocycles. The highest BCUT2D eigenvalue weighted by Gasteiger charge is 2.24. The number of terminal acetylenes is 1. The van der Waals surface area contributed by atoms with E-state index in [2.05, 4.69) is 5.92 Å². The Kier molecular flexibility index (Phi) is 5.20. The Hall–Kier alpha value is -1.01. The number of unbranched alkanes of at least 4 members (excludes halogenated alkanes) is 2. The molecule has 0 aromatic heterocycles. The number of carbonyl (C=O) groups excluding carboxylic acids is 1. The zero-order valence-electron chi connectivity index (χ0n) is 9.11. The first-order valence-electron chi connectivity index (χ1n) is 5.60. The molecule has 15 heavy (non-hydrogen) atoms. The van der Waals surface area contributed by atoms with Gasteiger partial charge in [0.2, 0.25) is 5.91 Å². The number of aliphatic hydroxyl groups is 1. The van der Waals surface area contributed by atoms with Gasteiger partial charge in [-0.2, -0.15) is 0 Å². The number of rotatable bonds is 5. The molecule has 1 aliphatic rings. The number of carbonyl (C=O) groups is 1. The fourth-order valence-electron chi connectivity index (χ4n) is 1.87. The number of hydrogen-bond donors (Lipinski definition) is 1. The maximum absolute atomic E-state index is 11.7. The van der Waals surface area contributed by atoms with Crippen molar-refractivity contribution < 1.29 is 9.90 Å². The van der Waals surface area contributed by atoms with Crippen molar-refractivity contribution in [1.82, 2.24) is 4.90 Å². The summed E-state index contributed by atoms with van der Waals surface area (Å²) in [6, 6.07) is 0. The average molecular weight is 209 g/mol. The first kappa shape index (κ1) is 12.1. The average Bonchev–Trinajstić information content (AvgIpc) is 2.72. The first-order valence-corrected chi connectivity index (χ1v) is 5.60. The number of hydrogen-bond acceptors (Lipinski definition) is 2. The summed E-state index contributed by atoms with van der Waals surface area (Å²) in [5, 5.41) is 8.95. The predicted octanol–water partition coefficient (Wildman–Crippen LogP) is 1.02.